The van der Waals surface area contributed by atoms with E-state index in [2.05, 4.69) is 0 Å². The van der Waals surface area contributed by atoms with E-state index in [0.29, 0.717) is 18.7 Å². The number of benzene rings is 1. The fourth-order valence-corrected chi connectivity index (χ4v) is 2.48. The Labute approximate surface area is 137 Å². The van der Waals surface area contributed by atoms with Crippen LogP contribution in [0.1, 0.15) is 53.0 Å². The maximum absolute atomic E-state index is 12.0. The Bertz CT molecular complexity index is 591. The van der Waals surface area contributed by atoms with Crippen LogP contribution in [0.25, 0.3) is 0 Å². The Morgan fingerprint density at radius 1 is 1.26 bits per heavy atom. The first-order chi connectivity index (χ1) is 10.8. The summed E-state index contributed by atoms with van der Waals surface area (Å²) < 4.78 is 5.23. The summed E-state index contributed by atoms with van der Waals surface area (Å²) in [5, 5.41) is 11.3. The third-order valence-corrected chi connectivity index (χ3v) is 3.68. The second-order valence-corrected chi connectivity index (χ2v) is 6.20. The fourth-order valence-electron chi connectivity index (χ4n) is 2.48. The highest BCUT2D eigenvalue weighted by Gasteiger charge is 2.31. The summed E-state index contributed by atoms with van der Waals surface area (Å²) in [5.74, 6) is 0.136. The number of ether oxygens (including phenoxy) is 1. The first-order valence-corrected chi connectivity index (χ1v) is 7.93. The van der Waals surface area contributed by atoms with Crippen molar-refractivity contribution in [3.05, 3.63) is 27.8 Å². The molecule has 0 unspecified atom stereocenters. The maximum Gasteiger partial charge on any atom is 0.313 e. The lowest BCUT2D eigenvalue weighted by molar-refractivity contribution is -0.385. The summed E-state index contributed by atoms with van der Waals surface area (Å²) >= 11 is 0. The predicted octanol–water partition coefficient (Wildman–Crippen LogP) is 4.05. The molecule has 1 aliphatic rings. The summed E-state index contributed by atoms with van der Waals surface area (Å²) in [4.78, 5) is 24.4. The number of carbonyl (C=O) groups is 1. The summed E-state index contributed by atoms with van der Waals surface area (Å²) in [6.07, 6.45) is 1.23. The van der Waals surface area contributed by atoms with Crippen LogP contribution in [0.2, 0.25) is 0 Å². The van der Waals surface area contributed by atoms with Gasteiger partial charge in [0.1, 0.15) is 0 Å². The average molecular weight is 322 g/mol. The molecule has 1 aromatic carbocycles. The van der Waals surface area contributed by atoms with Gasteiger partial charge in [-0.1, -0.05) is 34.6 Å². The van der Waals surface area contributed by atoms with Gasteiger partial charge >= 0.3 is 5.69 Å². The van der Waals surface area contributed by atoms with Crippen LogP contribution in [0.15, 0.2) is 12.1 Å². The highest BCUT2D eigenvalue weighted by Crippen LogP contribution is 2.42. The smallest absolute Gasteiger partial charge is 0.313 e. The monoisotopic (exact) mass is 322 g/mol. The zero-order chi connectivity index (χ0) is 17.8. The lowest BCUT2D eigenvalue weighted by Gasteiger charge is -2.24. The van der Waals surface area contributed by atoms with Crippen molar-refractivity contribution in [3.63, 3.8) is 0 Å². The van der Waals surface area contributed by atoms with E-state index in [0.717, 1.165) is 12.0 Å². The Hall–Kier alpha value is -2.11. The molecule has 2 rings (SSSR count). The number of methoxy groups -OCH3 is 1. The van der Waals surface area contributed by atoms with E-state index >= 15 is 0 Å². The highest BCUT2D eigenvalue weighted by atomic mass is 16.6. The van der Waals surface area contributed by atoms with E-state index < -0.39 is 4.92 Å². The van der Waals surface area contributed by atoms with E-state index in [-0.39, 0.29) is 22.8 Å². The molecule has 1 saturated heterocycles. The van der Waals surface area contributed by atoms with Crippen molar-refractivity contribution in [1.82, 2.24) is 0 Å². The van der Waals surface area contributed by atoms with Gasteiger partial charge in [0.15, 0.2) is 0 Å². The minimum atomic E-state index is -0.460. The van der Waals surface area contributed by atoms with E-state index in [1.54, 1.807) is 4.90 Å². The molecule has 1 heterocycles. The van der Waals surface area contributed by atoms with Crippen LogP contribution >= 0.6 is 0 Å². The van der Waals surface area contributed by atoms with Gasteiger partial charge in [0.2, 0.25) is 11.7 Å². The van der Waals surface area contributed by atoms with Gasteiger partial charge in [-0.15, -0.1) is 0 Å². The normalized spacial score (nSPS) is 14.3. The van der Waals surface area contributed by atoms with Crippen LogP contribution in [0.5, 0.6) is 5.75 Å². The molecule has 128 valence electrons. The van der Waals surface area contributed by atoms with Crippen LogP contribution in [0, 0.1) is 10.1 Å². The van der Waals surface area contributed by atoms with Gasteiger partial charge in [-0.2, -0.15) is 0 Å². The Morgan fingerprint density at radius 2 is 1.87 bits per heavy atom. The molecule has 0 aliphatic carbocycles. The van der Waals surface area contributed by atoms with Crippen molar-refractivity contribution < 1.29 is 14.5 Å². The highest BCUT2D eigenvalue weighted by molar-refractivity contribution is 5.97. The predicted molar refractivity (Wildman–Crippen MR) is 91.3 cm³/mol. The molecule has 0 bridgehead atoms. The Kier molecular flexibility index (Phi) is 6.12. The number of anilines is 1. The molecule has 1 aromatic rings. The van der Waals surface area contributed by atoms with Crippen LogP contribution in [0.4, 0.5) is 11.4 Å². The number of rotatable bonds is 3. The van der Waals surface area contributed by atoms with Gasteiger partial charge < -0.3 is 9.64 Å². The molecule has 0 spiro atoms. The molecule has 0 N–H and O–H groups in total. The Balaban J connectivity index is 0.00000127. The largest absolute Gasteiger partial charge is 0.489 e. The molecule has 1 aliphatic heterocycles. The van der Waals surface area contributed by atoms with Gasteiger partial charge in [-0.3, -0.25) is 14.9 Å². The molecule has 1 amide bonds. The summed E-state index contributed by atoms with van der Waals surface area (Å²) in [7, 11) is 1.39. The van der Waals surface area contributed by atoms with Crippen molar-refractivity contribution in [2.24, 2.45) is 0 Å². The topological polar surface area (TPSA) is 72.7 Å². The van der Waals surface area contributed by atoms with Gasteiger partial charge in [0, 0.05) is 19.0 Å². The van der Waals surface area contributed by atoms with Crippen molar-refractivity contribution in [2.45, 2.75) is 52.9 Å². The molecule has 0 saturated carbocycles. The number of nitro benzene ring substituents is 1. The molecule has 6 heteroatoms. The number of carbonyl (C=O) groups excluding carboxylic acids is 1. The van der Waals surface area contributed by atoms with E-state index in [1.165, 1.54) is 13.2 Å². The number of hydrogen-bond donors (Lipinski definition) is 0. The van der Waals surface area contributed by atoms with Crippen LogP contribution in [-0.4, -0.2) is 24.5 Å². The Morgan fingerprint density at radius 3 is 2.26 bits per heavy atom. The quantitative estimate of drug-likeness (QED) is 0.621. The lowest BCUT2D eigenvalue weighted by atomic mass is 9.86. The number of amides is 1. The van der Waals surface area contributed by atoms with Gasteiger partial charge in [0.25, 0.3) is 0 Å². The zero-order valence-corrected chi connectivity index (χ0v) is 14.8. The average Bonchev–Trinajstić information content (AvgIpc) is 2.92. The van der Waals surface area contributed by atoms with E-state index in [4.69, 9.17) is 4.74 Å². The first kappa shape index (κ1) is 18.9. The molecule has 1 fully saturated rings. The zero-order valence-electron chi connectivity index (χ0n) is 14.8. The fraction of sp³-hybridized carbons (Fsp3) is 0.588. The lowest BCUT2D eigenvalue weighted by Crippen LogP contribution is -2.25. The van der Waals surface area contributed by atoms with E-state index in [1.807, 2.05) is 40.7 Å². The molecule has 6 nitrogen and oxygen atoms in total. The van der Waals surface area contributed by atoms with Gasteiger partial charge in [-0.05, 0) is 23.5 Å². The molecular weight excluding hydrogens is 296 g/mol. The molecule has 0 atom stereocenters. The molecular formula is C17H26N2O4. The van der Waals surface area contributed by atoms with Crippen molar-refractivity contribution in [2.75, 3.05) is 18.6 Å². The first-order valence-electron chi connectivity index (χ1n) is 7.93. The molecule has 0 radical (unpaired) electrons. The third kappa shape index (κ3) is 4.00. The standard InChI is InChI=1S/C15H20N2O4.C2H6/c1-15(2,3)10-8-11(16-7-5-6-13(16)18)14(21-4)12(9-10)17(19)20;1-2/h8-9H,5-7H2,1-4H3;1-2H3. The van der Waals surface area contributed by atoms with Crippen molar-refractivity contribution >= 4 is 17.3 Å². The third-order valence-electron chi connectivity index (χ3n) is 3.68. The maximum atomic E-state index is 12.0. The van der Waals surface area contributed by atoms with Gasteiger partial charge in [-0.25, -0.2) is 0 Å². The summed E-state index contributed by atoms with van der Waals surface area (Å²) in [6, 6.07) is 3.36. The minimum absolute atomic E-state index is 0.0198. The summed E-state index contributed by atoms with van der Waals surface area (Å²) in [6.45, 7) is 10.5. The van der Waals surface area contributed by atoms with Crippen LogP contribution in [-0.2, 0) is 10.2 Å². The number of nitrogens with zero attached hydrogens (tertiary/aromatic N) is 2. The molecule has 23 heavy (non-hydrogen) atoms. The van der Waals surface area contributed by atoms with Crippen LogP contribution in [0.3, 0.4) is 0 Å². The second-order valence-electron chi connectivity index (χ2n) is 6.20. The summed E-state index contributed by atoms with van der Waals surface area (Å²) in [5.41, 5.74) is 0.956. The minimum Gasteiger partial charge on any atom is -0.489 e. The van der Waals surface area contributed by atoms with Crippen molar-refractivity contribution in [1.29, 1.82) is 0 Å². The molecule has 0 aromatic heterocycles. The van der Waals surface area contributed by atoms with E-state index in [9.17, 15) is 14.9 Å². The van der Waals surface area contributed by atoms with Crippen molar-refractivity contribution in [3.8, 4) is 5.75 Å². The second kappa shape index (κ2) is 7.44. The SMILES string of the molecule is CC.COc1c(N2CCCC2=O)cc(C(C)(C)C)cc1[N+](=O)[O-]. The number of nitro groups is 1. The van der Waals surface area contributed by atoms with Gasteiger partial charge in [0.05, 0.1) is 17.7 Å². The number of hydrogen-bond acceptors (Lipinski definition) is 4. The van der Waals surface area contributed by atoms with Crippen LogP contribution < -0.4 is 9.64 Å².